The van der Waals surface area contributed by atoms with Crippen LogP contribution in [0.15, 0.2) is 42.5 Å². The minimum Gasteiger partial charge on any atom is -0.369 e. The van der Waals surface area contributed by atoms with Gasteiger partial charge in [0.25, 0.3) is 5.91 Å². The molecule has 2 aromatic rings. The van der Waals surface area contributed by atoms with E-state index < -0.39 is 21.7 Å². The molecule has 2 aromatic carbocycles. The second kappa shape index (κ2) is 9.72. The van der Waals surface area contributed by atoms with Crippen molar-refractivity contribution in [1.82, 2.24) is 9.62 Å². The highest BCUT2D eigenvalue weighted by molar-refractivity contribution is 7.89. The number of hydrogen-bond donors (Lipinski definition) is 1. The number of rotatable bonds is 7. The summed E-state index contributed by atoms with van der Waals surface area (Å²) in [4.78, 5) is 14.1. The number of anilines is 1. The van der Waals surface area contributed by atoms with Crippen LogP contribution in [0, 0.1) is 11.6 Å². The van der Waals surface area contributed by atoms with E-state index in [4.69, 9.17) is 11.6 Å². The molecule has 162 valence electrons. The number of carbonyl (C=O) groups excluding carboxylic acids is 1. The Morgan fingerprint density at radius 3 is 2.33 bits per heavy atom. The highest BCUT2D eigenvalue weighted by Gasteiger charge is 2.26. The zero-order valence-corrected chi connectivity index (χ0v) is 17.7. The van der Waals surface area contributed by atoms with Gasteiger partial charge in [0, 0.05) is 38.4 Å². The maximum atomic E-state index is 13.7. The predicted octanol–water partition coefficient (Wildman–Crippen LogP) is 2.89. The first-order valence-electron chi connectivity index (χ1n) is 9.48. The van der Waals surface area contributed by atoms with Gasteiger partial charge >= 0.3 is 0 Å². The molecule has 1 aliphatic heterocycles. The summed E-state index contributed by atoms with van der Waals surface area (Å²) in [6, 6.07) is 10.0. The quantitative estimate of drug-likeness (QED) is 0.649. The summed E-state index contributed by atoms with van der Waals surface area (Å²) in [5.41, 5.74) is 0.599. The highest BCUT2D eigenvalue weighted by Crippen LogP contribution is 2.19. The van der Waals surface area contributed by atoms with Crippen molar-refractivity contribution in [1.29, 1.82) is 0 Å². The van der Waals surface area contributed by atoms with Crippen molar-refractivity contribution in [2.75, 3.05) is 43.4 Å². The molecule has 0 radical (unpaired) electrons. The first-order chi connectivity index (χ1) is 14.3. The van der Waals surface area contributed by atoms with Gasteiger partial charge in [-0.05, 0) is 42.8 Å². The molecule has 6 nitrogen and oxygen atoms in total. The second-order valence-electron chi connectivity index (χ2n) is 6.88. The Labute approximate surface area is 179 Å². The summed E-state index contributed by atoms with van der Waals surface area (Å²) in [7, 11) is -3.48. The van der Waals surface area contributed by atoms with Crippen LogP contribution in [-0.4, -0.2) is 57.1 Å². The average Bonchev–Trinajstić information content (AvgIpc) is 2.72. The molecule has 0 spiro atoms. The lowest BCUT2D eigenvalue weighted by Gasteiger charge is -2.35. The smallest absolute Gasteiger partial charge is 0.255 e. The van der Waals surface area contributed by atoms with E-state index in [2.05, 4.69) is 5.32 Å². The van der Waals surface area contributed by atoms with Gasteiger partial charge in [-0.3, -0.25) is 4.79 Å². The Kier molecular flexibility index (Phi) is 7.27. The zero-order chi connectivity index (χ0) is 21.7. The Morgan fingerprint density at radius 2 is 1.70 bits per heavy atom. The van der Waals surface area contributed by atoms with Gasteiger partial charge in [0.1, 0.15) is 11.6 Å². The lowest BCUT2D eigenvalue weighted by atomic mass is 10.2. The molecule has 0 atom stereocenters. The summed E-state index contributed by atoms with van der Waals surface area (Å²) in [5.74, 6) is -1.85. The van der Waals surface area contributed by atoms with Crippen molar-refractivity contribution in [3.63, 3.8) is 0 Å². The van der Waals surface area contributed by atoms with E-state index in [9.17, 15) is 22.0 Å². The van der Waals surface area contributed by atoms with Gasteiger partial charge in [-0.15, -0.1) is 0 Å². The molecule has 1 aliphatic rings. The molecule has 0 aliphatic carbocycles. The number of benzene rings is 2. The molecule has 1 N–H and O–H groups in total. The van der Waals surface area contributed by atoms with Crippen LogP contribution in [-0.2, 0) is 10.0 Å². The monoisotopic (exact) mass is 457 g/mol. The topological polar surface area (TPSA) is 69.7 Å². The Balaban J connectivity index is 1.45. The summed E-state index contributed by atoms with van der Waals surface area (Å²) in [6.45, 7) is 1.76. The molecule has 1 saturated heterocycles. The van der Waals surface area contributed by atoms with Crippen LogP contribution in [0.2, 0.25) is 5.02 Å². The van der Waals surface area contributed by atoms with E-state index in [0.29, 0.717) is 26.2 Å². The van der Waals surface area contributed by atoms with Gasteiger partial charge in [0.2, 0.25) is 10.0 Å². The fraction of sp³-hybridized carbons (Fsp3) is 0.350. The lowest BCUT2D eigenvalue weighted by Crippen LogP contribution is -2.49. The molecule has 3 rings (SSSR count). The van der Waals surface area contributed by atoms with Crippen molar-refractivity contribution in [3.05, 3.63) is 64.7 Å². The third kappa shape index (κ3) is 5.47. The SMILES string of the molecule is O=C(NCCCS(=O)(=O)N1CCN(c2ccc(F)cc2)CC1)c1c(F)cccc1Cl. The van der Waals surface area contributed by atoms with Crippen LogP contribution in [0.5, 0.6) is 0 Å². The molecule has 1 heterocycles. The number of amides is 1. The van der Waals surface area contributed by atoms with Crippen molar-refractivity contribution in [2.24, 2.45) is 0 Å². The molecule has 1 amide bonds. The third-order valence-electron chi connectivity index (χ3n) is 4.88. The number of piperazine rings is 1. The van der Waals surface area contributed by atoms with E-state index in [-0.39, 0.29) is 35.1 Å². The highest BCUT2D eigenvalue weighted by atomic mass is 35.5. The molecule has 30 heavy (non-hydrogen) atoms. The van der Waals surface area contributed by atoms with E-state index in [1.807, 2.05) is 4.90 Å². The largest absolute Gasteiger partial charge is 0.369 e. The van der Waals surface area contributed by atoms with E-state index >= 15 is 0 Å². The van der Waals surface area contributed by atoms with Crippen molar-refractivity contribution >= 4 is 33.2 Å². The maximum absolute atomic E-state index is 13.7. The molecule has 0 aromatic heterocycles. The van der Waals surface area contributed by atoms with Gasteiger partial charge in [0.05, 0.1) is 16.3 Å². The molecule has 1 fully saturated rings. The van der Waals surface area contributed by atoms with Gasteiger partial charge in [0.15, 0.2) is 0 Å². The molecular weight excluding hydrogens is 436 g/mol. The fourth-order valence-corrected chi connectivity index (χ4v) is 5.00. The lowest BCUT2D eigenvalue weighted by molar-refractivity contribution is 0.0949. The zero-order valence-electron chi connectivity index (χ0n) is 16.2. The standard InChI is InChI=1S/C20H22ClF2N3O3S/c21-17-3-1-4-18(23)19(17)20(27)24-9-2-14-30(28,29)26-12-10-25(11-13-26)16-7-5-15(22)6-8-16/h1,3-8H,2,9-14H2,(H,24,27). The van der Waals surface area contributed by atoms with Crippen molar-refractivity contribution in [2.45, 2.75) is 6.42 Å². The first-order valence-corrected chi connectivity index (χ1v) is 11.5. The van der Waals surface area contributed by atoms with E-state index in [1.165, 1.54) is 28.6 Å². The summed E-state index contributed by atoms with van der Waals surface area (Å²) in [6.07, 6.45) is 0.193. The predicted molar refractivity (Wildman–Crippen MR) is 112 cm³/mol. The van der Waals surface area contributed by atoms with E-state index in [0.717, 1.165) is 11.8 Å². The van der Waals surface area contributed by atoms with Crippen LogP contribution in [0.1, 0.15) is 16.8 Å². The number of sulfonamides is 1. The summed E-state index contributed by atoms with van der Waals surface area (Å²) < 4.78 is 53.3. The normalized spacial score (nSPS) is 15.2. The average molecular weight is 458 g/mol. The van der Waals surface area contributed by atoms with Crippen LogP contribution in [0.4, 0.5) is 14.5 Å². The van der Waals surface area contributed by atoms with Crippen molar-refractivity contribution < 1.29 is 22.0 Å². The number of nitrogens with one attached hydrogen (secondary N) is 1. The number of hydrogen-bond acceptors (Lipinski definition) is 4. The number of carbonyl (C=O) groups is 1. The molecule has 0 unspecified atom stereocenters. The Morgan fingerprint density at radius 1 is 1.03 bits per heavy atom. The summed E-state index contributed by atoms with van der Waals surface area (Å²) >= 11 is 5.85. The van der Waals surface area contributed by atoms with Gasteiger partial charge in [-0.1, -0.05) is 17.7 Å². The van der Waals surface area contributed by atoms with Crippen LogP contribution in [0.25, 0.3) is 0 Å². The number of halogens is 3. The van der Waals surface area contributed by atoms with Crippen LogP contribution in [0.3, 0.4) is 0 Å². The third-order valence-corrected chi connectivity index (χ3v) is 7.15. The maximum Gasteiger partial charge on any atom is 0.255 e. The molecule has 10 heteroatoms. The second-order valence-corrected chi connectivity index (χ2v) is 9.38. The Hall–Kier alpha value is -2.23. The number of nitrogens with zero attached hydrogens (tertiary/aromatic N) is 2. The summed E-state index contributed by atoms with van der Waals surface area (Å²) in [5, 5.41) is 2.50. The van der Waals surface area contributed by atoms with Crippen LogP contribution >= 0.6 is 11.6 Å². The van der Waals surface area contributed by atoms with Crippen molar-refractivity contribution in [3.8, 4) is 0 Å². The van der Waals surface area contributed by atoms with Gasteiger partial charge in [-0.25, -0.2) is 17.2 Å². The molecular formula is C20H22ClF2N3O3S. The minimum absolute atomic E-state index is 0.000790. The first kappa shape index (κ1) is 22.5. The van der Waals surface area contributed by atoms with Crippen LogP contribution < -0.4 is 10.2 Å². The van der Waals surface area contributed by atoms with Gasteiger partial charge in [-0.2, -0.15) is 4.31 Å². The minimum atomic E-state index is -3.48. The van der Waals surface area contributed by atoms with Gasteiger partial charge < -0.3 is 10.2 Å². The molecule has 0 bridgehead atoms. The molecule has 0 saturated carbocycles. The van der Waals surface area contributed by atoms with E-state index in [1.54, 1.807) is 12.1 Å². The Bertz CT molecular complexity index is 975. The fourth-order valence-electron chi connectivity index (χ4n) is 3.27.